The van der Waals surface area contributed by atoms with Crippen molar-refractivity contribution in [1.29, 1.82) is 0 Å². The number of carbonyl (C=O) groups is 2. The molecule has 0 bridgehead atoms. The molecule has 4 nitrogen and oxygen atoms in total. The third-order valence-electron chi connectivity index (χ3n) is 1.08. The summed E-state index contributed by atoms with van der Waals surface area (Å²) in [7, 11) is 1.41. The summed E-state index contributed by atoms with van der Waals surface area (Å²) in [5.41, 5.74) is 0.0487. The molecule has 1 N–H and O–H groups in total. The highest BCUT2D eigenvalue weighted by atomic mass is 16.5. The lowest BCUT2D eigenvalue weighted by Crippen LogP contribution is -2.13. The number of aliphatic carboxylic acids is 1. The maximum atomic E-state index is 10.6. The van der Waals surface area contributed by atoms with Crippen LogP contribution in [0.1, 0.15) is 27.2 Å². The highest BCUT2D eigenvalue weighted by molar-refractivity contribution is 5.78. The van der Waals surface area contributed by atoms with Crippen LogP contribution >= 0.6 is 0 Å². The molecule has 0 spiro atoms. The quantitative estimate of drug-likeness (QED) is 0.548. The molecule has 0 aromatic heterocycles. The second kappa shape index (κ2) is 7.12. The summed E-state index contributed by atoms with van der Waals surface area (Å²) in [5, 5.41) is 7.60. The van der Waals surface area contributed by atoms with Crippen LogP contribution in [0, 0.1) is 5.41 Å². The maximum absolute atomic E-state index is 10.6. The van der Waals surface area contributed by atoms with Crippen molar-refractivity contribution in [2.75, 3.05) is 7.11 Å². The number of hydrogen-bond donors (Lipinski definition) is 1. The molecule has 82 valence electrons. The summed E-state index contributed by atoms with van der Waals surface area (Å²) >= 11 is 0. The first kappa shape index (κ1) is 15.2. The molecule has 0 atom stereocenters. The van der Waals surface area contributed by atoms with E-state index in [2.05, 4.69) is 11.3 Å². The predicted octanol–water partition coefficient (Wildman–Crippen LogP) is 1.85. The zero-order valence-corrected chi connectivity index (χ0v) is 9.16. The summed E-state index contributed by atoms with van der Waals surface area (Å²) in [6.45, 7) is 8.97. The fourth-order valence-electron chi connectivity index (χ4n) is 0.505. The van der Waals surface area contributed by atoms with Gasteiger partial charge in [-0.15, -0.1) is 0 Å². The first-order valence-corrected chi connectivity index (χ1v) is 4.15. The third-order valence-corrected chi connectivity index (χ3v) is 1.08. The molecule has 0 saturated heterocycles. The van der Waals surface area contributed by atoms with Crippen LogP contribution in [-0.4, -0.2) is 24.2 Å². The Balaban J connectivity index is 0. The van der Waals surface area contributed by atoms with Gasteiger partial charge in [0.25, 0.3) is 0 Å². The van der Waals surface area contributed by atoms with Crippen molar-refractivity contribution in [3.8, 4) is 0 Å². The van der Waals surface area contributed by atoms with Crippen LogP contribution in [0.5, 0.6) is 0 Å². The van der Waals surface area contributed by atoms with E-state index in [4.69, 9.17) is 5.11 Å². The highest BCUT2D eigenvalue weighted by Crippen LogP contribution is 2.18. The van der Waals surface area contributed by atoms with Crippen LogP contribution in [0.2, 0.25) is 0 Å². The molecular formula is C10H18O4. The van der Waals surface area contributed by atoms with Crippen molar-refractivity contribution >= 4 is 11.9 Å². The van der Waals surface area contributed by atoms with Crippen LogP contribution in [0.25, 0.3) is 0 Å². The van der Waals surface area contributed by atoms with Gasteiger partial charge >= 0.3 is 11.9 Å². The highest BCUT2D eigenvalue weighted by Gasteiger charge is 2.15. The Morgan fingerprint density at radius 3 is 1.86 bits per heavy atom. The van der Waals surface area contributed by atoms with Gasteiger partial charge in [-0.3, -0.25) is 4.79 Å². The van der Waals surface area contributed by atoms with Crippen molar-refractivity contribution in [2.24, 2.45) is 5.41 Å². The van der Waals surface area contributed by atoms with Crippen LogP contribution in [0.3, 0.4) is 0 Å². The molecule has 0 radical (unpaired) electrons. The van der Waals surface area contributed by atoms with E-state index >= 15 is 0 Å². The zero-order valence-electron chi connectivity index (χ0n) is 9.16. The van der Waals surface area contributed by atoms with Gasteiger partial charge in [0.15, 0.2) is 0 Å². The number of carboxylic acids is 1. The van der Waals surface area contributed by atoms with E-state index in [0.29, 0.717) is 6.42 Å². The van der Waals surface area contributed by atoms with Gasteiger partial charge in [-0.05, 0) is 5.41 Å². The van der Waals surface area contributed by atoms with Crippen LogP contribution in [0.4, 0.5) is 0 Å². The smallest absolute Gasteiger partial charge is 0.327 e. The van der Waals surface area contributed by atoms with Crippen molar-refractivity contribution in [2.45, 2.75) is 27.2 Å². The molecule has 0 heterocycles. The lowest BCUT2D eigenvalue weighted by molar-refractivity contribution is -0.142. The largest absolute Gasteiger partial charge is 0.478 e. The molecule has 0 unspecified atom stereocenters. The fraction of sp³-hybridized carbons (Fsp3) is 0.600. The fourth-order valence-corrected chi connectivity index (χ4v) is 0.505. The van der Waals surface area contributed by atoms with E-state index in [9.17, 15) is 9.59 Å². The Hall–Kier alpha value is -1.32. The van der Waals surface area contributed by atoms with Crippen molar-refractivity contribution < 1.29 is 19.4 Å². The Bertz CT molecular complexity index is 201. The van der Waals surface area contributed by atoms with Crippen LogP contribution < -0.4 is 0 Å². The predicted molar refractivity (Wildman–Crippen MR) is 53.9 cm³/mol. The molecule has 0 saturated carbocycles. The number of carboxylic acid groups (broad SMARTS) is 1. The topological polar surface area (TPSA) is 63.6 Å². The number of ether oxygens (including phenoxy) is 1. The molecule has 0 fully saturated rings. The Labute approximate surface area is 84.6 Å². The van der Waals surface area contributed by atoms with E-state index in [1.54, 1.807) is 0 Å². The monoisotopic (exact) mass is 202 g/mol. The SMILES string of the molecule is C=CC(=O)O.COC(=O)CC(C)(C)C. The normalized spacial score (nSPS) is 9.43. The van der Waals surface area contributed by atoms with Gasteiger partial charge in [-0.25, -0.2) is 4.79 Å². The minimum absolute atomic E-state index is 0.0487. The first-order chi connectivity index (χ1) is 6.22. The van der Waals surface area contributed by atoms with Crippen molar-refractivity contribution in [1.82, 2.24) is 0 Å². The summed E-state index contributed by atoms with van der Waals surface area (Å²) in [6.07, 6.45) is 1.32. The number of esters is 1. The van der Waals surface area contributed by atoms with Crippen LogP contribution in [0.15, 0.2) is 12.7 Å². The molecule has 0 aromatic carbocycles. The summed E-state index contributed by atoms with van der Waals surface area (Å²) < 4.78 is 4.49. The standard InChI is InChI=1S/C7H14O2.C3H4O2/c1-7(2,3)5-6(8)9-4;1-2-3(4)5/h5H2,1-4H3;2H,1H2,(H,4,5). The van der Waals surface area contributed by atoms with E-state index < -0.39 is 5.97 Å². The molecule has 0 aliphatic rings. The molecule has 0 amide bonds. The number of carbonyl (C=O) groups excluding carboxylic acids is 1. The lowest BCUT2D eigenvalue weighted by atomic mass is 9.93. The summed E-state index contributed by atoms with van der Waals surface area (Å²) in [6, 6.07) is 0. The zero-order chi connectivity index (χ0) is 11.8. The second-order valence-electron chi connectivity index (χ2n) is 3.86. The Morgan fingerprint density at radius 2 is 1.79 bits per heavy atom. The number of hydrogen-bond acceptors (Lipinski definition) is 3. The van der Waals surface area contributed by atoms with Gasteiger partial charge in [0.05, 0.1) is 13.5 Å². The molecule has 0 aromatic rings. The average molecular weight is 202 g/mol. The minimum atomic E-state index is -0.981. The molecule has 0 aliphatic carbocycles. The molecular weight excluding hydrogens is 184 g/mol. The average Bonchev–Trinajstić information content (AvgIpc) is 2.02. The molecule has 0 aliphatic heterocycles. The third kappa shape index (κ3) is 17.0. The number of methoxy groups -OCH3 is 1. The van der Waals surface area contributed by atoms with Gasteiger partial charge in [0.1, 0.15) is 0 Å². The molecule has 0 rings (SSSR count). The van der Waals surface area contributed by atoms with E-state index in [1.165, 1.54) is 7.11 Å². The Kier molecular flexibility index (Phi) is 7.71. The van der Waals surface area contributed by atoms with E-state index in [0.717, 1.165) is 6.08 Å². The van der Waals surface area contributed by atoms with Crippen LogP contribution in [-0.2, 0) is 14.3 Å². The van der Waals surface area contributed by atoms with Gasteiger partial charge in [-0.1, -0.05) is 27.4 Å². The van der Waals surface area contributed by atoms with Gasteiger partial charge in [0, 0.05) is 6.08 Å². The minimum Gasteiger partial charge on any atom is -0.478 e. The van der Waals surface area contributed by atoms with Crippen molar-refractivity contribution in [3.63, 3.8) is 0 Å². The molecule has 4 heteroatoms. The van der Waals surface area contributed by atoms with E-state index in [1.807, 2.05) is 20.8 Å². The van der Waals surface area contributed by atoms with Gasteiger partial charge < -0.3 is 9.84 Å². The van der Waals surface area contributed by atoms with E-state index in [-0.39, 0.29) is 11.4 Å². The first-order valence-electron chi connectivity index (χ1n) is 4.15. The van der Waals surface area contributed by atoms with Crippen molar-refractivity contribution in [3.05, 3.63) is 12.7 Å². The second-order valence-corrected chi connectivity index (χ2v) is 3.86. The summed E-state index contributed by atoms with van der Waals surface area (Å²) in [5.74, 6) is -1.12. The summed E-state index contributed by atoms with van der Waals surface area (Å²) in [4.78, 5) is 19.9. The van der Waals surface area contributed by atoms with Gasteiger partial charge in [-0.2, -0.15) is 0 Å². The number of rotatable bonds is 2. The van der Waals surface area contributed by atoms with Gasteiger partial charge in [0.2, 0.25) is 0 Å². The lowest BCUT2D eigenvalue weighted by Gasteiger charge is -2.14. The maximum Gasteiger partial charge on any atom is 0.327 e. The Morgan fingerprint density at radius 1 is 1.43 bits per heavy atom. The molecule has 14 heavy (non-hydrogen) atoms.